The van der Waals surface area contributed by atoms with Crippen molar-refractivity contribution in [3.05, 3.63) is 45.4 Å². The number of guanidine groups is 1. The van der Waals surface area contributed by atoms with Crippen molar-refractivity contribution in [1.29, 1.82) is 0 Å². The summed E-state index contributed by atoms with van der Waals surface area (Å²) in [4.78, 5) is 10.0. The maximum Gasteiger partial charge on any atom is 0.191 e. The van der Waals surface area contributed by atoms with Crippen LogP contribution in [0, 0.1) is 25.5 Å². The third-order valence-corrected chi connectivity index (χ3v) is 4.33. The van der Waals surface area contributed by atoms with Gasteiger partial charge in [0.25, 0.3) is 0 Å². The molecule has 2 aromatic rings. The van der Waals surface area contributed by atoms with Gasteiger partial charge in [-0.2, -0.15) is 0 Å². The molecule has 0 aliphatic heterocycles. The average molecular weight is 496 g/mol. The van der Waals surface area contributed by atoms with Crippen LogP contribution < -0.4 is 15.4 Å². The molecular formula is C17H23F2IN4OS. The van der Waals surface area contributed by atoms with Crippen molar-refractivity contribution < 1.29 is 13.5 Å². The second kappa shape index (κ2) is 11.3. The molecular weight excluding hydrogens is 473 g/mol. The zero-order valence-electron chi connectivity index (χ0n) is 14.9. The van der Waals surface area contributed by atoms with E-state index in [0.29, 0.717) is 19.0 Å². The number of aliphatic imine (C=N–C) groups is 1. The number of hydrogen-bond donors (Lipinski definition) is 2. The first-order chi connectivity index (χ1) is 12.0. The van der Waals surface area contributed by atoms with Crippen LogP contribution in [0.5, 0.6) is 5.75 Å². The summed E-state index contributed by atoms with van der Waals surface area (Å²) < 4.78 is 31.6. The molecule has 0 saturated carbocycles. The molecule has 2 rings (SSSR count). The fourth-order valence-electron chi connectivity index (χ4n) is 2.14. The van der Waals surface area contributed by atoms with Crippen molar-refractivity contribution in [3.63, 3.8) is 0 Å². The SMILES string of the molecule is CCNC(=NCc1sc(C)nc1C)NCCOc1ccc(F)cc1F.I. The lowest BCUT2D eigenvalue weighted by molar-refractivity contribution is 0.304. The highest BCUT2D eigenvalue weighted by Crippen LogP contribution is 2.18. The highest BCUT2D eigenvalue weighted by atomic mass is 127. The van der Waals surface area contributed by atoms with E-state index in [0.717, 1.165) is 34.3 Å². The second-order valence-corrected chi connectivity index (χ2v) is 6.57. The van der Waals surface area contributed by atoms with E-state index in [1.54, 1.807) is 11.3 Å². The highest BCUT2D eigenvalue weighted by Gasteiger charge is 2.06. The predicted molar refractivity (Wildman–Crippen MR) is 112 cm³/mol. The molecule has 0 spiro atoms. The number of thiazole rings is 1. The molecule has 0 fully saturated rings. The highest BCUT2D eigenvalue weighted by molar-refractivity contribution is 14.0. The van der Waals surface area contributed by atoms with Gasteiger partial charge >= 0.3 is 0 Å². The Kier molecular flexibility index (Phi) is 9.78. The molecule has 0 atom stereocenters. The fourth-order valence-corrected chi connectivity index (χ4v) is 3.00. The van der Waals surface area contributed by atoms with Crippen LogP contribution >= 0.6 is 35.3 Å². The zero-order chi connectivity index (χ0) is 18.2. The summed E-state index contributed by atoms with van der Waals surface area (Å²) in [6.07, 6.45) is 0. The van der Waals surface area contributed by atoms with Crippen molar-refractivity contribution in [1.82, 2.24) is 15.6 Å². The molecule has 144 valence electrons. The van der Waals surface area contributed by atoms with Crippen molar-refractivity contribution in [2.24, 2.45) is 4.99 Å². The van der Waals surface area contributed by atoms with E-state index in [4.69, 9.17) is 4.74 Å². The summed E-state index contributed by atoms with van der Waals surface area (Å²) in [6, 6.07) is 3.24. The Hall–Kier alpha value is -1.49. The van der Waals surface area contributed by atoms with Gasteiger partial charge in [-0.05, 0) is 32.9 Å². The second-order valence-electron chi connectivity index (χ2n) is 5.29. The molecule has 1 aromatic heterocycles. The summed E-state index contributed by atoms with van der Waals surface area (Å²) in [7, 11) is 0. The molecule has 9 heteroatoms. The number of nitrogens with one attached hydrogen (secondary N) is 2. The van der Waals surface area contributed by atoms with Crippen LogP contribution in [0.3, 0.4) is 0 Å². The predicted octanol–water partition coefficient (Wildman–Crippen LogP) is 3.79. The van der Waals surface area contributed by atoms with Gasteiger partial charge in [0.15, 0.2) is 17.5 Å². The maximum absolute atomic E-state index is 13.5. The van der Waals surface area contributed by atoms with Crippen LogP contribution in [-0.4, -0.2) is 30.6 Å². The Morgan fingerprint density at radius 2 is 2.04 bits per heavy atom. The number of ether oxygens (including phenoxy) is 1. The number of halogens is 3. The first-order valence-corrected chi connectivity index (χ1v) is 8.84. The quantitative estimate of drug-likeness (QED) is 0.265. The van der Waals surface area contributed by atoms with Crippen LogP contribution in [0.4, 0.5) is 8.78 Å². The molecule has 0 aliphatic carbocycles. The lowest BCUT2D eigenvalue weighted by Gasteiger charge is -2.12. The Bertz CT molecular complexity index is 740. The summed E-state index contributed by atoms with van der Waals surface area (Å²) in [5, 5.41) is 7.28. The van der Waals surface area contributed by atoms with E-state index >= 15 is 0 Å². The minimum absolute atomic E-state index is 0. The fraction of sp³-hybridized carbons (Fsp3) is 0.412. The number of hydrogen-bond acceptors (Lipinski definition) is 4. The third-order valence-electron chi connectivity index (χ3n) is 3.27. The van der Waals surface area contributed by atoms with Crippen LogP contribution in [0.15, 0.2) is 23.2 Å². The van der Waals surface area contributed by atoms with E-state index in [1.807, 2.05) is 20.8 Å². The molecule has 5 nitrogen and oxygen atoms in total. The van der Waals surface area contributed by atoms with Crippen LogP contribution in [-0.2, 0) is 6.54 Å². The van der Waals surface area contributed by atoms with E-state index in [-0.39, 0.29) is 36.3 Å². The van der Waals surface area contributed by atoms with Crippen LogP contribution in [0.2, 0.25) is 0 Å². The zero-order valence-corrected chi connectivity index (χ0v) is 18.1. The summed E-state index contributed by atoms with van der Waals surface area (Å²) in [5.74, 6) is -0.660. The van der Waals surface area contributed by atoms with Gasteiger partial charge in [0.05, 0.1) is 23.8 Å². The molecule has 0 saturated heterocycles. The Morgan fingerprint density at radius 1 is 1.27 bits per heavy atom. The minimum Gasteiger partial charge on any atom is -0.489 e. The van der Waals surface area contributed by atoms with Crippen molar-refractivity contribution in [3.8, 4) is 5.75 Å². The topological polar surface area (TPSA) is 58.5 Å². The number of nitrogens with zero attached hydrogens (tertiary/aromatic N) is 2. The summed E-state index contributed by atoms with van der Waals surface area (Å²) >= 11 is 1.63. The van der Waals surface area contributed by atoms with E-state index in [2.05, 4.69) is 20.6 Å². The molecule has 0 unspecified atom stereocenters. The van der Waals surface area contributed by atoms with Gasteiger partial charge < -0.3 is 15.4 Å². The first-order valence-electron chi connectivity index (χ1n) is 8.02. The average Bonchev–Trinajstić information content (AvgIpc) is 2.88. The van der Waals surface area contributed by atoms with Gasteiger partial charge in [-0.25, -0.2) is 18.8 Å². The molecule has 26 heavy (non-hydrogen) atoms. The largest absolute Gasteiger partial charge is 0.489 e. The van der Waals surface area contributed by atoms with Crippen molar-refractivity contribution >= 4 is 41.3 Å². The van der Waals surface area contributed by atoms with Crippen LogP contribution in [0.25, 0.3) is 0 Å². The van der Waals surface area contributed by atoms with Gasteiger partial charge in [-0.1, -0.05) is 0 Å². The van der Waals surface area contributed by atoms with Gasteiger partial charge in [-0.15, -0.1) is 35.3 Å². The minimum atomic E-state index is -0.711. The number of benzene rings is 1. The molecule has 0 aliphatic rings. The molecule has 1 aromatic carbocycles. The third kappa shape index (κ3) is 7.02. The Labute approximate surface area is 173 Å². The number of rotatable bonds is 7. The standard InChI is InChI=1S/C17H22F2N4OS.HI/c1-4-20-17(22-10-16-11(2)23-12(3)25-16)21-7-8-24-15-6-5-13(18)9-14(15)19;/h5-6,9H,4,7-8,10H2,1-3H3,(H2,20,21,22);1H. The summed E-state index contributed by atoms with van der Waals surface area (Å²) in [6.45, 7) is 7.85. The lowest BCUT2D eigenvalue weighted by atomic mass is 10.3. The van der Waals surface area contributed by atoms with E-state index < -0.39 is 11.6 Å². The van der Waals surface area contributed by atoms with E-state index in [9.17, 15) is 8.78 Å². The van der Waals surface area contributed by atoms with Gasteiger partial charge in [0, 0.05) is 17.5 Å². The molecule has 0 bridgehead atoms. The Balaban J connectivity index is 0.00000338. The van der Waals surface area contributed by atoms with Gasteiger partial charge in [0.1, 0.15) is 12.4 Å². The molecule has 0 amide bonds. The Morgan fingerprint density at radius 3 is 2.65 bits per heavy atom. The van der Waals surface area contributed by atoms with E-state index in [1.165, 1.54) is 6.07 Å². The van der Waals surface area contributed by atoms with Gasteiger partial charge in [0.2, 0.25) is 0 Å². The van der Waals surface area contributed by atoms with Crippen molar-refractivity contribution in [2.75, 3.05) is 19.7 Å². The smallest absolute Gasteiger partial charge is 0.191 e. The number of aryl methyl sites for hydroxylation is 2. The monoisotopic (exact) mass is 496 g/mol. The van der Waals surface area contributed by atoms with Crippen LogP contribution in [0.1, 0.15) is 22.5 Å². The normalized spacial score (nSPS) is 11.0. The summed E-state index contributed by atoms with van der Waals surface area (Å²) in [5.41, 5.74) is 0.997. The number of aromatic nitrogens is 1. The first kappa shape index (κ1) is 22.6. The molecule has 2 N–H and O–H groups in total. The lowest BCUT2D eigenvalue weighted by Crippen LogP contribution is -2.39. The van der Waals surface area contributed by atoms with Crippen molar-refractivity contribution in [2.45, 2.75) is 27.3 Å². The maximum atomic E-state index is 13.5. The molecule has 1 heterocycles. The van der Waals surface area contributed by atoms with Gasteiger partial charge in [-0.3, -0.25) is 0 Å². The molecule has 0 radical (unpaired) electrons.